The zero-order valence-corrected chi connectivity index (χ0v) is 21.5. The van der Waals surface area contributed by atoms with Gasteiger partial charge in [0.05, 0.1) is 18.0 Å². The number of nitrogens with zero attached hydrogens (tertiary/aromatic N) is 1. The van der Waals surface area contributed by atoms with Crippen molar-refractivity contribution in [3.05, 3.63) is 41.3 Å². The van der Waals surface area contributed by atoms with Crippen LogP contribution in [0.5, 0.6) is 0 Å². The molecule has 2 aromatic rings. The van der Waals surface area contributed by atoms with Crippen molar-refractivity contribution in [2.75, 3.05) is 0 Å². The largest absolute Gasteiger partial charge is 0.441 e. The van der Waals surface area contributed by atoms with Gasteiger partial charge in [0.25, 0.3) is 5.24 Å². The zero-order valence-electron chi connectivity index (χ0n) is 20.7. The molecule has 1 aliphatic carbocycles. The van der Waals surface area contributed by atoms with E-state index in [-0.39, 0.29) is 27.9 Å². The average Bonchev–Trinajstić information content (AvgIpc) is 3.37. The molecule has 3 atom stereocenters. The van der Waals surface area contributed by atoms with Gasteiger partial charge < -0.3 is 9.15 Å². The highest BCUT2D eigenvalue weighted by Crippen LogP contribution is 2.34. The van der Waals surface area contributed by atoms with Crippen LogP contribution >= 0.6 is 11.8 Å². The van der Waals surface area contributed by atoms with Crippen LogP contribution in [0.4, 0.5) is 4.79 Å². The fourth-order valence-electron chi connectivity index (χ4n) is 4.83. The Morgan fingerprint density at radius 3 is 2.56 bits per heavy atom. The normalized spacial score (nSPS) is 23.4. The molecule has 1 saturated carbocycles. The number of oxazole rings is 1. The minimum absolute atomic E-state index is 0.111. The predicted molar refractivity (Wildman–Crippen MR) is 135 cm³/mol. The van der Waals surface area contributed by atoms with E-state index in [0.29, 0.717) is 18.4 Å². The Morgan fingerprint density at radius 2 is 1.91 bits per heavy atom. The van der Waals surface area contributed by atoms with Crippen molar-refractivity contribution in [3.8, 4) is 11.5 Å². The minimum atomic E-state index is -0.230. The molecule has 1 N–H and O–H groups in total. The van der Waals surface area contributed by atoms with E-state index in [1.165, 1.54) is 5.56 Å². The zero-order chi connectivity index (χ0) is 24.3. The molecule has 1 aromatic heterocycles. The summed E-state index contributed by atoms with van der Waals surface area (Å²) in [4.78, 5) is 28.0. The average molecular weight is 485 g/mol. The summed E-state index contributed by atoms with van der Waals surface area (Å²) in [6.45, 7) is 9.16. The number of aromatic nitrogens is 1. The maximum absolute atomic E-state index is 11.8. The maximum Gasteiger partial charge on any atom is 0.286 e. The van der Waals surface area contributed by atoms with Gasteiger partial charge in [0, 0.05) is 12.0 Å². The van der Waals surface area contributed by atoms with Crippen molar-refractivity contribution in [1.29, 1.82) is 0 Å². The third-order valence-corrected chi connectivity index (χ3v) is 7.94. The first-order valence-corrected chi connectivity index (χ1v) is 13.3. The number of rotatable bonds is 8. The fourth-order valence-corrected chi connectivity index (χ4v) is 5.67. The van der Waals surface area contributed by atoms with Gasteiger partial charge in [0.1, 0.15) is 11.5 Å². The molecule has 34 heavy (non-hydrogen) atoms. The lowest BCUT2D eigenvalue weighted by molar-refractivity contribution is -0.119. The number of carbonyl (C=O) groups excluding carboxylic acids is 2. The third-order valence-electron chi connectivity index (χ3n) is 6.89. The molecule has 0 bridgehead atoms. The highest BCUT2D eigenvalue weighted by molar-refractivity contribution is 8.15. The summed E-state index contributed by atoms with van der Waals surface area (Å²) in [5.41, 5.74) is 3.27. The molecule has 1 aromatic carbocycles. The molecule has 2 aliphatic rings. The Hall–Kier alpha value is -2.12. The van der Waals surface area contributed by atoms with Crippen LogP contribution < -0.4 is 5.32 Å². The second kappa shape index (κ2) is 10.6. The number of carbonyl (C=O) groups is 2. The summed E-state index contributed by atoms with van der Waals surface area (Å²) in [6.07, 6.45) is 7.01. The Morgan fingerprint density at radius 1 is 1.15 bits per heavy atom. The van der Waals surface area contributed by atoms with Crippen molar-refractivity contribution in [2.45, 2.75) is 96.0 Å². The number of imide groups is 1. The topological polar surface area (TPSA) is 81.4 Å². The molecule has 2 amide bonds. The molecule has 2 unspecified atom stereocenters. The Kier molecular flexibility index (Phi) is 7.83. The lowest BCUT2D eigenvalue weighted by Gasteiger charge is -2.29. The van der Waals surface area contributed by atoms with Gasteiger partial charge in [-0.25, -0.2) is 4.98 Å². The van der Waals surface area contributed by atoms with E-state index in [9.17, 15) is 9.59 Å². The van der Waals surface area contributed by atoms with E-state index in [2.05, 4.69) is 57.3 Å². The molecule has 0 spiro atoms. The Balaban J connectivity index is 1.32. The monoisotopic (exact) mass is 484 g/mol. The number of hydrogen-bond donors (Lipinski definition) is 1. The molecule has 1 aliphatic heterocycles. The van der Waals surface area contributed by atoms with Gasteiger partial charge in [0.2, 0.25) is 11.8 Å². The fraction of sp³-hybridized carbons (Fsp3) is 0.593. The van der Waals surface area contributed by atoms with Crippen LogP contribution in [0.2, 0.25) is 0 Å². The Bertz CT molecular complexity index is 1010. The van der Waals surface area contributed by atoms with Gasteiger partial charge in [-0.2, -0.15) is 0 Å². The first-order valence-electron chi connectivity index (χ1n) is 12.5. The number of ether oxygens (including phenoxy) is 1. The van der Waals surface area contributed by atoms with Crippen molar-refractivity contribution in [1.82, 2.24) is 10.3 Å². The van der Waals surface area contributed by atoms with Crippen LogP contribution in [0, 0.1) is 5.92 Å². The number of amides is 2. The van der Waals surface area contributed by atoms with Crippen molar-refractivity contribution in [3.63, 3.8) is 0 Å². The first kappa shape index (κ1) is 25.0. The first-order chi connectivity index (χ1) is 16.2. The van der Waals surface area contributed by atoms with Crippen LogP contribution in [0.1, 0.15) is 83.2 Å². The molecule has 184 valence electrons. The van der Waals surface area contributed by atoms with Crippen LogP contribution in [-0.4, -0.2) is 27.5 Å². The number of benzene rings is 1. The maximum atomic E-state index is 11.8. The SMILES string of the molecule is CCc1oc(-c2ccc(C(C)(C)C)cc2)nc1CO[C@H]1CCCC(CCC2SC(=O)NC2=O)C1. The predicted octanol–water partition coefficient (Wildman–Crippen LogP) is 6.41. The van der Waals surface area contributed by atoms with Gasteiger partial charge in [0.15, 0.2) is 0 Å². The second-order valence-electron chi connectivity index (χ2n) is 10.5. The number of thioether (sulfide) groups is 1. The van der Waals surface area contributed by atoms with Crippen LogP contribution in [0.3, 0.4) is 0 Å². The molecule has 4 rings (SSSR count). The standard InChI is InChI=1S/C27H36N2O4S/c1-5-22-21(28-25(33-22)18-10-12-19(13-11-18)27(2,3)4)16-32-20-8-6-7-17(15-20)9-14-23-24(30)29-26(31)34-23/h10-13,17,20,23H,5-9,14-16H2,1-4H3,(H,29,30,31)/t17?,20-,23?/m0/s1. The molecule has 0 radical (unpaired) electrons. The van der Waals surface area contributed by atoms with Crippen LogP contribution in [-0.2, 0) is 28.0 Å². The molecule has 1 saturated heterocycles. The van der Waals surface area contributed by atoms with Gasteiger partial charge in [-0.3, -0.25) is 14.9 Å². The third kappa shape index (κ3) is 6.11. The van der Waals surface area contributed by atoms with Gasteiger partial charge >= 0.3 is 0 Å². The van der Waals surface area contributed by atoms with E-state index >= 15 is 0 Å². The number of aryl methyl sites for hydroxylation is 1. The molecular formula is C27H36N2O4S. The summed E-state index contributed by atoms with van der Waals surface area (Å²) in [7, 11) is 0. The lowest BCUT2D eigenvalue weighted by Crippen LogP contribution is -2.26. The van der Waals surface area contributed by atoms with Crippen molar-refractivity contribution < 1.29 is 18.7 Å². The smallest absolute Gasteiger partial charge is 0.286 e. The lowest BCUT2D eigenvalue weighted by atomic mass is 9.84. The number of nitrogens with one attached hydrogen (secondary N) is 1. The van der Waals surface area contributed by atoms with E-state index in [1.54, 1.807) is 0 Å². The van der Waals surface area contributed by atoms with Crippen LogP contribution in [0.25, 0.3) is 11.5 Å². The summed E-state index contributed by atoms with van der Waals surface area (Å²) >= 11 is 1.13. The summed E-state index contributed by atoms with van der Waals surface area (Å²) in [6, 6.07) is 8.46. The van der Waals surface area contributed by atoms with Crippen molar-refractivity contribution in [2.24, 2.45) is 5.92 Å². The van der Waals surface area contributed by atoms with Gasteiger partial charge in [-0.05, 0) is 54.7 Å². The highest BCUT2D eigenvalue weighted by atomic mass is 32.2. The van der Waals surface area contributed by atoms with Crippen LogP contribution in [0.15, 0.2) is 28.7 Å². The van der Waals surface area contributed by atoms with E-state index in [4.69, 9.17) is 14.1 Å². The molecule has 2 heterocycles. The molecule has 6 nitrogen and oxygen atoms in total. The van der Waals surface area contributed by atoms with Gasteiger partial charge in [-0.15, -0.1) is 0 Å². The summed E-state index contributed by atoms with van der Waals surface area (Å²) in [5, 5.41) is 1.93. The molecular weight excluding hydrogens is 448 g/mol. The summed E-state index contributed by atoms with van der Waals surface area (Å²) < 4.78 is 12.4. The quantitative estimate of drug-likeness (QED) is 0.466. The van der Waals surface area contributed by atoms with E-state index in [1.807, 2.05) is 0 Å². The highest BCUT2D eigenvalue weighted by Gasteiger charge is 2.32. The van der Waals surface area contributed by atoms with E-state index < -0.39 is 0 Å². The summed E-state index contributed by atoms with van der Waals surface area (Å²) in [5.74, 6) is 1.93. The second-order valence-corrected chi connectivity index (χ2v) is 11.7. The minimum Gasteiger partial charge on any atom is -0.441 e. The number of hydrogen-bond acceptors (Lipinski definition) is 6. The van der Waals surface area contributed by atoms with E-state index in [0.717, 1.165) is 73.7 Å². The molecule has 7 heteroatoms. The van der Waals surface area contributed by atoms with Gasteiger partial charge in [-0.1, -0.05) is 64.4 Å². The Labute approximate surface area is 206 Å². The molecule has 2 fully saturated rings. The van der Waals surface area contributed by atoms with Crippen molar-refractivity contribution >= 4 is 22.9 Å².